The van der Waals surface area contributed by atoms with Crippen molar-refractivity contribution in [2.75, 3.05) is 5.32 Å². The van der Waals surface area contributed by atoms with Crippen molar-refractivity contribution in [2.24, 2.45) is 0 Å². The number of aryl methyl sites for hydroxylation is 2. The van der Waals surface area contributed by atoms with Gasteiger partial charge in [0.1, 0.15) is 24.0 Å². The Balaban J connectivity index is 1.91. The first-order valence-electron chi connectivity index (χ1n) is 8.24. The van der Waals surface area contributed by atoms with Crippen molar-refractivity contribution in [3.05, 3.63) is 81.8 Å². The van der Waals surface area contributed by atoms with Gasteiger partial charge in [0.2, 0.25) is 5.91 Å². The number of aromatic nitrogens is 2. The quantitative estimate of drug-likeness (QED) is 0.766. The standard InChI is InChI=1S/C20H17F2N3O2/c1-12-3-8-16(10-17(12)22)24-18(26)11-25-19(27)9-13(2)23-20(25)14-4-6-15(21)7-5-14/h3-10H,11H2,1-2H3,(H,24,26). The smallest absolute Gasteiger partial charge is 0.254 e. The topological polar surface area (TPSA) is 64.0 Å². The van der Waals surface area contributed by atoms with Gasteiger partial charge in [-0.2, -0.15) is 0 Å². The van der Waals surface area contributed by atoms with Crippen LogP contribution in [0.3, 0.4) is 0 Å². The average Bonchev–Trinajstić information content (AvgIpc) is 2.61. The first-order chi connectivity index (χ1) is 12.8. The van der Waals surface area contributed by atoms with E-state index in [2.05, 4.69) is 10.3 Å². The van der Waals surface area contributed by atoms with Gasteiger partial charge in [-0.1, -0.05) is 6.07 Å². The van der Waals surface area contributed by atoms with Crippen LogP contribution in [-0.2, 0) is 11.3 Å². The van der Waals surface area contributed by atoms with Gasteiger partial charge in [-0.15, -0.1) is 0 Å². The highest BCUT2D eigenvalue weighted by atomic mass is 19.1. The third-order valence-electron chi connectivity index (χ3n) is 4.00. The summed E-state index contributed by atoms with van der Waals surface area (Å²) in [4.78, 5) is 29.1. The van der Waals surface area contributed by atoms with E-state index in [4.69, 9.17) is 0 Å². The zero-order chi connectivity index (χ0) is 19.6. The van der Waals surface area contributed by atoms with Gasteiger partial charge in [-0.25, -0.2) is 13.8 Å². The Morgan fingerprint density at radius 2 is 1.78 bits per heavy atom. The van der Waals surface area contributed by atoms with Crippen molar-refractivity contribution in [2.45, 2.75) is 20.4 Å². The molecule has 27 heavy (non-hydrogen) atoms. The maximum absolute atomic E-state index is 13.6. The van der Waals surface area contributed by atoms with Crippen molar-refractivity contribution < 1.29 is 13.6 Å². The number of nitrogens with zero attached hydrogens (tertiary/aromatic N) is 2. The molecule has 3 rings (SSSR count). The van der Waals surface area contributed by atoms with Crippen molar-refractivity contribution in [3.8, 4) is 11.4 Å². The molecule has 1 amide bonds. The summed E-state index contributed by atoms with van der Waals surface area (Å²) >= 11 is 0. The predicted molar refractivity (Wildman–Crippen MR) is 98.4 cm³/mol. The maximum Gasteiger partial charge on any atom is 0.254 e. The molecule has 0 saturated carbocycles. The summed E-state index contributed by atoms with van der Waals surface area (Å²) in [5.41, 5.74) is 1.33. The van der Waals surface area contributed by atoms with E-state index < -0.39 is 23.1 Å². The molecule has 1 N–H and O–H groups in total. The summed E-state index contributed by atoms with van der Waals surface area (Å²) in [6, 6.07) is 11.1. The molecule has 3 aromatic rings. The van der Waals surface area contributed by atoms with Crippen LogP contribution in [0.5, 0.6) is 0 Å². The molecule has 0 atom stereocenters. The normalized spacial score (nSPS) is 10.7. The highest BCUT2D eigenvalue weighted by Crippen LogP contribution is 2.17. The molecule has 0 spiro atoms. The van der Waals surface area contributed by atoms with Crippen LogP contribution in [0.4, 0.5) is 14.5 Å². The van der Waals surface area contributed by atoms with Crippen LogP contribution in [0.2, 0.25) is 0 Å². The molecule has 1 heterocycles. The third kappa shape index (κ3) is 4.25. The van der Waals surface area contributed by atoms with Crippen molar-refractivity contribution in [1.82, 2.24) is 9.55 Å². The molecule has 138 valence electrons. The van der Waals surface area contributed by atoms with Gasteiger partial charge < -0.3 is 5.32 Å². The Hall–Kier alpha value is -3.35. The summed E-state index contributed by atoms with van der Waals surface area (Å²) < 4.78 is 28.0. The summed E-state index contributed by atoms with van der Waals surface area (Å²) in [7, 11) is 0. The average molecular weight is 369 g/mol. The molecule has 0 fully saturated rings. The number of hydrogen-bond donors (Lipinski definition) is 1. The number of carbonyl (C=O) groups excluding carboxylic acids is 1. The first-order valence-corrected chi connectivity index (χ1v) is 8.24. The number of hydrogen-bond acceptors (Lipinski definition) is 3. The van der Waals surface area contributed by atoms with E-state index in [1.165, 1.54) is 41.0 Å². The van der Waals surface area contributed by atoms with Crippen LogP contribution in [0.25, 0.3) is 11.4 Å². The van der Waals surface area contributed by atoms with Crippen LogP contribution in [0.15, 0.2) is 53.3 Å². The molecule has 0 unspecified atom stereocenters. The highest BCUT2D eigenvalue weighted by molar-refractivity contribution is 5.90. The predicted octanol–water partition coefficient (Wildman–Crippen LogP) is 3.44. The summed E-state index contributed by atoms with van der Waals surface area (Å²) in [6.07, 6.45) is 0. The highest BCUT2D eigenvalue weighted by Gasteiger charge is 2.14. The maximum atomic E-state index is 13.6. The first kappa shape index (κ1) is 18.4. The fourth-order valence-electron chi connectivity index (χ4n) is 2.61. The summed E-state index contributed by atoms with van der Waals surface area (Å²) in [6.45, 7) is 2.97. The minimum absolute atomic E-state index is 0.255. The van der Waals surface area contributed by atoms with E-state index in [-0.39, 0.29) is 12.4 Å². The van der Waals surface area contributed by atoms with E-state index >= 15 is 0 Å². The van der Waals surface area contributed by atoms with Crippen LogP contribution >= 0.6 is 0 Å². The van der Waals surface area contributed by atoms with Crippen LogP contribution in [-0.4, -0.2) is 15.5 Å². The molecule has 2 aromatic carbocycles. The van der Waals surface area contributed by atoms with Crippen LogP contribution < -0.4 is 10.9 Å². The lowest BCUT2D eigenvalue weighted by molar-refractivity contribution is -0.116. The largest absolute Gasteiger partial charge is 0.324 e. The molecule has 7 heteroatoms. The van der Waals surface area contributed by atoms with Gasteiger partial charge >= 0.3 is 0 Å². The van der Waals surface area contributed by atoms with Gasteiger partial charge in [0, 0.05) is 23.0 Å². The third-order valence-corrected chi connectivity index (χ3v) is 4.00. The minimum Gasteiger partial charge on any atom is -0.324 e. The van der Waals surface area contributed by atoms with Gasteiger partial charge in [0.15, 0.2) is 0 Å². The van der Waals surface area contributed by atoms with E-state index in [1.54, 1.807) is 26.0 Å². The lowest BCUT2D eigenvalue weighted by Gasteiger charge is -2.13. The Bertz CT molecular complexity index is 1060. The molecule has 0 aliphatic rings. The Morgan fingerprint density at radius 3 is 2.44 bits per heavy atom. The number of nitrogens with one attached hydrogen (secondary N) is 1. The molecular formula is C20H17F2N3O2. The molecule has 0 saturated heterocycles. The number of anilines is 1. The molecule has 1 aromatic heterocycles. The Kier molecular flexibility index (Phi) is 5.12. The van der Waals surface area contributed by atoms with E-state index in [1.807, 2.05) is 0 Å². The zero-order valence-corrected chi connectivity index (χ0v) is 14.8. The zero-order valence-electron chi connectivity index (χ0n) is 14.8. The van der Waals surface area contributed by atoms with Gasteiger partial charge in [-0.05, 0) is 55.8 Å². The summed E-state index contributed by atoms with van der Waals surface area (Å²) in [5.74, 6) is -1.10. The number of amides is 1. The molecular weight excluding hydrogens is 352 g/mol. The van der Waals surface area contributed by atoms with Gasteiger partial charge in [0.05, 0.1) is 0 Å². The van der Waals surface area contributed by atoms with Crippen molar-refractivity contribution >= 4 is 11.6 Å². The molecule has 5 nitrogen and oxygen atoms in total. The Labute approximate surface area is 154 Å². The molecule has 0 radical (unpaired) electrons. The van der Waals surface area contributed by atoms with Crippen molar-refractivity contribution in [3.63, 3.8) is 0 Å². The van der Waals surface area contributed by atoms with Crippen molar-refractivity contribution in [1.29, 1.82) is 0 Å². The van der Waals surface area contributed by atoms with Gasteiger partial charge in [-0.3, -0.25) is 14.2 Å². The second kappa shape index (κ2) is 7.49. The van der Waals surface area contributed by atoms with E-state index in [9.17, 15) is 18.4 Å². The number of halogens is 2. The second-order valence-corrected chi connectivity index (χ2v) is 6.16. The lowest BCUT2D eigenvalue weighted by Crippen LogP contribution is -2.29. The lowest BCUT2D eigenvalue weighted by atomic mass is 10.2. The summed E-state index contributed by atoms with van der Waals surface area (Å²) in [5, 5.41) is 2.56. The van der Waals surface area contributed by atoms with Crippen LogP contribution in [0.1, 0.15) is 11.3 Å². The second-order valence-electron chi connectivity index (χ2n) is 6.16. The van der Waals surface area contributed by atoms with Crippen LogP contribution in [0, 0.1) is 25.5 Å². The Morgan fingerprint density at radius 1 is 1.07 bits per heavy atom. The molecule has 0 aliphatic carbocycles. The van der Waals surface area contributed by atoms with Gasteiger partial charge in [0.25, 0.3) is 5.56 Å². The molecule has 0 aliphatic heterocycles. The fourth-order valence-corrected chi connectivity index (χ4v) is 2.61. The van der Waals surface area contributed by atoms with E-state index in [0.29, 0.717) is 22.5 Å². The number of carbonyl (C=O) groups is 1. The minimum atomic E-state index is -0.505. The fraction of sp³-hybridized carbons (Fsp3) is 0.150. The monoisotopic (exact) mass is 369 g/mol. The number of benzene rings is 2. The van der Waals surface area contributed by atoms with E-state index in [0.717, 1.165) is 0 Å². The number of rotatable bonds is 4. The molecule has 0 bridgehead atoms. The SMILES string of the molecule is Cc1cc(=O)n(CC(=O)Nc2ccc(C)c(F)c2)c(-c2ccc(F)cc2)n1.